The van der Waals surface area contributed by atoms with Crippen LogP contribution in [0, 0.1) is 5.82 Å². The molecule has 1 aliphatic rings. The van der Waals surface area contributed by atoms with Gasteiger partial charge in [-0.15, -0.1) is 0 Å². The molecule has 1 amide bonds. The fourth-order valence-corrected chi connectivity index (χ4v) is 5.43. The second kappa shape index (κ2) is 12.3. The van der Waals surface area contributed by atoms with Crippen molar-refractivity contribution in [2.45, 2.75) is 44.0 Å². The van der Waals surface area contributed by atoms with Gasteiger partial charge in [-0.25, -0.2) is 12.8 Å². The zero-order valence-electron chi connectivity index (χ0n) is 19.3. The zero-order chi connectivity index (χ0) is 23.7. The van der Waals surface area contributed by atoms with Crippen molar-refractivity contribution in [1.82, 2.24) is 14.1 Å². The van der Waals surface area contributed by atoms with Gasteiger partial charge in [-0.2, -0.15) is 4.31 Å². The SMILES string of the molecule is CCCCCC(=O)N(CCN1CCN(S(=O)(=O)c2ccccc2)CC1)Cc1ccc(F)cc1. The Morgan fingerprint density at radius 1 is 0.970 bits per heavy atom. The minimum absolute atomic E-state index is 0.109. The van der Waals surface area contributed by atoms with Gasteiger partial charge in [-0.1, -0.05) is 50.1 Å². The van der Waals surface area contributed by atoms with Crippen LogP contribution in [0.1, 0.15) is 38.2 Å². The molecule has 0 aliphatic carbocycles. The number of rotatable bonds is 11. The molecule has 0 radical (unpaired) electrons. The Morgan fingerprint density at radius 2 is 1.64 bits per heavy atom. The van der Waals surface area contributed by atoms with E-state index < -0.39 is 10.0 Å². The van der Waals surface area contributed by atoms with E-state index in [2.05, 4.69) is 11.8 Å². The van der Waals surface area contributed by atoms with E-state index in [4.69, 9.17) is 0 Å². The highest BCUT2D eigenvalue weighted by Crippen LogP contribution is 2.17. The lowest BCUT2D eigenvalue weighted by Crippen LogP contribution is -2.50. The molecule has 8 heteroatoms. The Balaban J connectivity index is 1.55. The molecule has 180 valence electrons. The lowest BCUT2D eigenvalue weighted by Gasteiger charge is -2.35. The number of benzene rings is 2. The van der Waals surface area contributed by atoms with Gasteiger partial charge in [0.1, 0.15) is 5.82 Å². The molecule has 0 bridgehead atoms. The van der Waals surface area contributed by atoms with Crippen molar-refractivity contribution in [3.8, 4) is 0 Å². The quantitative estimate of drug-likeness (QED) is 0.465. The molecule has 3 rings (SSSR count). The summed E-state index contributed by atoms with van der Waals surface area (Å²) >= 11 is 0. The van der Waals surface area contributed by atoms with Crippen molar-refractivity contribution >= 4 is 15.9 Å². The highest BCUT2D eigenvalue weighted by Gasteiger charge is 2.28. The van der Waals surface area contributed by atoms with Crippen LogP contribution in [0.4, 0.5) is 4.39 Å². The minimum atomic E-state index is -3.48. The number of unbranched alkanes of at least 4 members (excludes halogenated alkanes) is 2. The van der Waals surface area contributed by atoms with Crippen LogP contribution in [0.5, 0.6) is 0 Å². The molecule has 6 nitrogen and oxygen atoms in total. The van der Waals surface area contributed by atoms with Crippen molar-refractivity contribution in [2.24, 2.45) is 0 Å². The molecule has 1 heterocycles. The number of nitrogens with zero attached hydrogens (tertiary/aromatic N) is 3. The first-order valence-electron chi connectivity index (χ1n) is 11.7. The number of carbonyl (C=O) groups excluding carboxylic acids is 1. The van der Waals surface area contributed by atoms with Crippen molar-refractivity contribution in [1.29, 1.82) is 0 Å². The summed E-state index contributed by atoms with van der Waals surface area (Å²) in [5, 5.41) is 0. The molecule has 1 saturated heterocycles. The third-order valence-corrected chi connectivity index (χ3v) is 7.94. The molecule has 0 spiro atoms. The maximum atomic E-state index is 13.3. The van der Waals surface area contributed by atoms with Crippen LogP contribution in [-0.2, 0) is 21.4 Å². The van der Waals surface area contributed by atoms with E-state index in [0.29, 0.717) is 57.1 Å². The molecule has 0 atom stereocenters. The molecule has 2 aromatic carbocycles. The number of hydrogen-bond donors (Lipinski definition) is 0. The van der Waals surface area contributed by atoms with Crippen molar-refractivity contribution in [3.63, 3.8) is 0 Å². The molecule has 0 saturated carbocycles. The number of halogens is 1. The van der Waals surface area contributed by atoms with Gasteiger partial charge >= 0.3 is 0 Å². The van der Waals surface area contributed by atoms with Crippen LogP contribution in [0.15, 0.2) is 59.5 Å². The standard InChI is InChI=1S/C25H34FN3O3S/c1-2-3-5-10-25(30)28(21-22-11-13-23(26)14-12-22)18-15-27-16-19-29(20-17-27)33(31,32)24-8-6-4-7-9-24/h4,6-9,11-14H,2-3,5,10,15-21H2,1H3. The largest absolute Gasteiger partial charge is 0.337 e. The van der Waals surface area contributed by atoms with Crippen LogP contribution in [0.3, 0.4) is 0 Å². The summed E-state index contributed by atoms with van der Waals surface area (Å²) in [7, 11) is -3.48. The second-order valence-corrected chi connectivity index (χ2v) is 10.4. The number of hydrogen-bond acceptors (Lipinski definition) is 4. The Labute approximate surface area is 197 Å². The van der Waals surface area contributed by atoms with Gasteiger partial charge in [0.25, 0.3) is 0 Å². The molecule has 0 aromatic heterocycles. The van der Waals surface area contributed by atoms with Crippen molar-refractivity contribution in [2.75, 3.05) is 39.3 Å². The van der Waals surface area contributed by atoms with Crippen LogP contribution < -0.4 is 0 Å². The van der Waals surface area contributed by atoms with E-state index >= 15 is 0 Å². The van der Waals surface area contributed by atoms with Gasteiger partial charge in [0.2, 0.25) is 15.9 Å². The highest BCUT2D eigenvalue weighted by atomic mass is 32.2. The first kappa shape index (κ1) is 25.3. The third kappa shape index (κ3) is 7.35. The third-order valence-electron chi connectivity index (χ3n) is 6.03. The van der Waals surface area contributed by atoms with Gasteiger partial charge < -0.3 is 4.90 Å². The lowest BCUT2D eigenvalue weighted by atomic mass is 10.1. The van der Waals surface area contributed by atoms with E-state index in [0.717, 1.165) is 24.8 Å². The fraction of sp³-hybridized carbons (Fsp3) is 0.480. The summed E-state index contributed by atoms with van der Waals surface area (Å²) in [6.45, 7) is 5.92. The van der Waals surface area contributed by atoms with Gasteiger partial charge in [-0.3, -0.25) is 9.69 Å². The van der Waals surface area contributed by atoms with E-state index in [1.807, 2.05) is 4.90 Å². The van der Waals surface area contributed by atoms with E-state index in [1.165, 1.54) is 16.4 Å². The maximum absolute atomic E-state index is 13.3. The summed E-state index contributed by atoms with van der Waals surface area (Å²) in [6, 6.07) is 14.8. The summed E-state index contributed by atoms with van der Waals surface area (Å²) in [4.78, 5) is 17.2. The molecule has 1 aliphatic heterocycles. The van der Waals surface area contributed by atoms with Crippen molar-refractivity contribution < 1.29 is 17.6 Å². The average Bonchev–Trinajstić information content (AvgIpc) is 2.84. The zero-order valence-corrected chi connectivity index (χ0v) is 20.1. The minimum Gasteiger partial charge on any atom is -0.337 e. The average molecular weight is 476 g/mol. The summed E-state index contributed by atoms with van der Waals surface area (Å²) < 4.78 is 40.5. The van der Waals surface area contributed by atoms with Crippen LogP contribution in [-0.4, -0.2) is 67.7 Å². The Bertz CT molecular complexity index is 976. The predicted octanol–water partition coefficient (Wildman–Crippen LogP) is 3.74. The summed E-state index contributed by atoms with van der Waals surface area (Å²) in [6.07, 6.45) is 3.46. The molecule has 0 unspecified atom stereocenters. The molecule has 1 fully saturated rings. The number of amides is 1. The Morgan fingerprint density at radius 3 is 2.27 bits per heavy atom. The predicted molar refractivity (Wildman–Crippen MR) is 128 cm³/mol. The second-order valence-electron chi connectivity index (χ2n) is 8.46. The maximum Gasteiger partial charge on any atom is 0.243 e. The molecule has 0 N–H and O–H groups in total. The van der Waals surface area contributed by atoms with E-state index in [9.17, 15) is 17.6 Å². The van der Waals surface area contributed by atoms with Crippen LogP contribution in [0.25, 0.3) is 0 Å². The van der Waals surface area contributed by atoms with Crippen LogP contribution in [0.2, 0.25) is 0 Å². The normalized spacial score (nSPS) is 15.5. The van der Waals surface area contributed by atoms with Gasteiger partial charge in [0.15, 0.2) is 0 Å². The topological polar surface area (TPSA) is 60.9 Å². The number of carbonyl (C=O) groups is 1. The molecular formula is C25H34FN3O3S. The molecule has 2 aromatic rings. The smallest absolute Gasteiger partial charge is 0.243 e. The fourth-order valence-electron chi connectivity index (χ4n) is 3.98. The summed E-state index contributed by atoms with van der Waals surface area (Å²) in [5.41, 5.74) is 0.902. The van der Waals surface area contributed by atoms with Gasteiger partial charge in [0, 0.05) is 52.2 Å². The number of piperazine rings is 1. The lowest BCUT2D eigenvalue weighted by molar-refractivity contribution is -0.132. The van der Waals surface area contributed by atoms with E-state index in [-0.39, 0.29) is 11.7 Å². The van der Waals surface area contributed by atoms with Crippen LogP contribution >= 0.6 is 0 Å². The van der Waals surface area contributed by atoms with Crippen molar-refractivity contribution in [3.05, 3.63) is 66.0 Å². The van der Waals surface area contributed by atoms with Gasteiger partial charge in [-0.05, 0) is 36.2 Å². The summed E-state index contributed by atoms with van der Waals surface area (Å²) in [5.74, 6) is -0.180. The first-order chi connectivity index (χ1) is 15.9. The highest BCUT2D eigenvalue weighted by molar-refractivity contribution is 7.89. The van der Waals surface area contributed by atoms with Gasteiger partial charge in [0.05, 0.1) is 4.90 Å². The Kier molecular flexibility index (Phi) is 9.41. The Hall–Kier alpha value is -2.29. The van der Waals surface area contributed by atoms with E-state index in [1.54, 1.807) is 42.5 Å². The number of sulfonamides is 1. The first-order valence-corrected chi connectivity index (χ1v) is 13.1. The molecular weight excluding hydrogens is 441 g/mol. The monoisotopic (exact) mass is 475 g/mol. The molecule has 33 heavy (non-hydrogen) atoms.